The predicted molar refractivity (Wildman–Crippen MR) is 67.5 cm³/mol. The predicted octanol–water partition coefficient (Wildman–Crippen LogP) is 2.97. The smallest absolute Gasteiger partial charge is 0.0509 e. The van der Waals surface area contributed by atoms with Crippen LogP contribution in [0.3, 0.4) is 0 Å². The van der Waals surface area contributed by atoms with E-state index in [4.69, 9.17) is 17.3 Å². The second kappa shape index (κ2) is 5.52. The van der Waals surface area contributed by atoms with Crippen molar-refractivity contribution in [3.8, 4) is 0 Å². The van der Waals surface area contributed by atoms with Gasteiger partial charge in [0.05, 0.1) is 5.75 Å². The molecule has 0 fully saturated rings. The van der Waals surface area contributed by atoms with Gasteiger partial charge in [-0.1, -0.05) is 25.4 Å². The van der Waals surface area contributed by atoms with E-state index in [1.807, 2.05) is 13.8 Å². The fraction of sp³-hybridized carbons (Fsp3) is 0.455. The summed E-state index contributed by atoms with van der Waals surface area (Å²) in [5.74, 6) is 0.487. The first kappa shape index (κ1) is 12.5. The molecule has 2 nitrogen and oxygen atoms in total. The number of benzene rings is 1. The number of nitrogen functional groups attached to an aromatic ring is 1. The zero-order valence-corrected chi connectivity index (χ0v) is 10.6. The fourth-order valence-corrected chi connectivity index (χ4v) is 2.59. The standard InChI is InChI=1S/C11H16ClNOS/c1-3-8(2)15(14)7-9-6-10(12)4-5-11(9)13/h4-6,8H,3,7,13H2,1-2H3. The van der Waals surface area contributed by atoms with Crippen molar-refractivity contribution >= 4 is 28.1 Å². The Morgan fingerprint density at radius 3 is 2.80 bits per heavy atom. The van der Waals surface area contributed by atoms with Gasteiger partial charge in [-0.3, -0.25) is 4.21 Å². The molecule has 0 aliphatic rings. The minimum atomic E-state index is -0.873. The van der Waals surface area contributed by atoms with E-state index in [0.29, 0.717) is 16.5 Å². The van der Waals surface area contributed by atoms with E-state index in [1.54, 1.807) is 18.2 Å². The molecule has 0 radical (unpaired) electrons. The molecule has 2 N–H and O–H groups in total. The molecule has 0 bridgehead atoms. The van der Waals surface area contributed by atoms with Crippen LogP contribution in [0, 0.1) is 0 Å². The van der Waals surface area contributed by atoms with Crippen LogP contribution in [-0.4, -0.2) is 9.46 Å². The fourth-order valence-electron chi connectivity index (χ4n) is 1.18. The Bertz CT molecular complexity index is 368. The van der Waals surface area contributed by atoms with Crippen molar-refractivity contribution in [2.75, 3.05) is 5.73 Å². The third-order valence-electron chi connectivity index (χ3n) is 2.43. The van der Waals surface area contributed by atoms with Gasteiger partial charge in [-0.2, -0.15) is 0 Å². The Kier molecular flexibility index (Phi) is 4.61. The highest BCUT2D eigenvalue weighted by Gasteiger charge is 2.11. The Morgan fingerprint density at radius 1 is 1.53 bits per heavy atom. The molecular formula is C11H16ClNOS. The zero-order chi connectivity index (χ0) is 11.4. The third-order valence-corrected chi connectivity index (χ3v) is 4.49. The van der Waals surface area contributed by atoms with E-state index in [0.717, 1.165) is 12.0 Å². The maximum atomic E-state index is 11.8. The third kappa shape index (κ3) is 3.50. The van der Waals surface area contributed by atoms with E-state index in [-0.39, 0.29) is 5.25 Å². The van der Waals surface area contributed by atoms with Crippen molar-refractivity contribution in [3.63, 3.8) is 0 Å². The molecule has 1 aromatic rings. The lowest BCUT2D eigenvalue weighted by Gasteiger charge is -2.10. The highest BCUT2D eigenvalue weighted by Crippen LogP contribution is 2.20. The molecule has 0 saturated carbocycles. The lowest BCUT2D eigenvalue weighted by molar-refractivity contribution is 0.670. The average molecular weight is 246 g/mol. The molecule has 15 heavy (non-hydrogen) atoms. The van der Waals surface area contributed by atoms with Gasteiger partial charge in [0.25, 0.3) is 0 Å². The van der Waals surface area contributed by atoms with E-state index < -0.39 is 10.8 Å². The van der Waals surface area contributed by atoms with Crippen LogP contribution in [-0.2, 0) is 16.6 Å². The van der Waals surface area contributed by atoms with Gasteiger partial charge in [0, 0.05) is 26.8 Å². The summed E-state index contributed by atoms with van der Waals surface area (Å²) in [6.07, 6.45) is 0.910. The molecule has 0 heterocycles. The van der Waals surface area contributed by atoms with Crippen molar-refractivity contribution in [1.82, 2.24) is 0 Å². The van der Waals surface area contributed by atoms with Crippen LogP contribution in [0.5, 0.6) is 0 Å². The van der Waals surface area contributed by atoms with E-state index in [2.05, 4.69) is 0 Å². The van der Waals surface area contributed by atoms with E-state index in [9.17, 15) is 4.21 Å². The molecule has 0 aromatic heterocycles. The molecule has 84 valence electrons. The summed E-state index contributed by atoms with van der Waals surface area (Å²) in [4.78, 5) is 0. The van der Waals surface area contributed by atoms with Crippen molar-refractivity contribution in [1.29, 1.82) is 0 Å². The van der Waals surface area contributed by atoms with Gasteiger partial charge in [-0.15, -0.1) is 0 Å². The Hall–Kier alpha value is -0.540. The van der Waals surface area contributed by atoms with Crippen LogP contribution in [0.25, 0.3) is 0 Å². The topological polar surface area (TPSA) is 43.1 Å². The van der Waals surface area contributed by atoms with Gasteiger partial charge in [0.15, 0.2) is 0 Å². The highest BCUT2D eigenvalue weighted by atomic mass is 35.5. The molecule has 2 unspecified atom stereocenters. The SMILES string of the molecule is CCC(C)S(=O)Cc1cc(Cl)ccc1N. The minimum Gasteiger partial charge on any atom is -0.398 e. The minimum absolute atomic E-state index is 0.198. The number of halogens is 1. The molecule has 0 saturated heterocycles. The number of rotatable bonds is 4. The molecule has 0 aliphatic carbocycles. The quantitative estimate of drug-likeness (QED) is 0.829. The van der Waals surface area contributed by atoms with Crippen LogP contribution in [0.4, 0.5) is 5.69 Å². The van der Waals surface area contributed by atoms with Crippen molar-refractivity contribution in [2.45, 2.75) is 31.3 Å². The molecule has 4 heteroatoms. The van der Waals surface area contributed by atoms with Crippen molar-refractivity contribution in [2.24, 2.45) is 0 Å². The van der Waals surface area contributed by atoms with Gasteiger partial charge in [0.2, 0.25) is 0 Å². The van der Waals surface area contributed by atoms with Gasteiger partial charge >= 0.3 is 0 Å². The summed E-state index contributed by atoms with van der Waals surface area (Å²) in [5, 5.41) is 0.837. The van der Waals surface area contributed by atoms with E-state index in [1.165, 1.54) is 0 Å². The Balaban J connectivity index is 2.80. The second-order valence-corrected chi connectivity index (χ2v) is 5.88. The lowest BCUT2D eigenvalue weighted by atomic mass is 10.2. The first-order chi connectivity index (χ1) is 7.04. The first-order valence-corrected chi connectivity index (χ1v) is 6.71. The summed E-state index contributed by atoms with van der Waals surface area (Å²) in [6.45, 7) is 4.01. The summed E-state index contributed by atoms with van der Waals surface area (Å²) in [6, 6.07) is 5.29. The Labute approximate surface area is 98.3 Å². The van der Waals surface area contributed by atoms with Gasteiger partial charge in [-0.25, -0.2) is 0 Å². The summed E-state index contributed by atoms with van der Waals surface area (Å²) in [5.41, 5.74) is 7.33. The maximum absolute atomic E-state index is 11.8. The highest BCUT2D eigenvalue weighted by molar-refractivity contribution is 7.84. The monoisotopic (exact) mass is 245 g/mol. The summed E-state index contributed by atoms with van der Waals surface area (Å²) >= 11 is 5.86. The average Bonchev–Trinajstić information content (AvgIpc) is 2.22. The Morgan fingerprint density at radius 2 is 2.20 bits per heavy atom. The van der Waals surface area contributed by atoms with Gasteiger partial charge in [0.1, 0.15) is 0 Å². The van der Waals surface area contributed by atoms with Crippen LogP contribution >= 0.6 is 11.6 Å². The van der Waals surface area contributed by atoms with Crippen LogP contribution in [0.1, 0.15) is 25.8 Å². The molecule has 1 rings (SSSR count). The van der Waals surface area contributed by atoms with E-state index >= 15 is 0 Å². The van der Waals surface area contributed by atoms with Crippen molar-refractivity contribution in [3.05, 3.63) is 28.8 Å². The van der Waals surface area contributed by atoms with Crippen LogP contribution in [0.15, 0.2) is 18.2 Å². The molecule has 2 atom stereocenters. The van der Waals surface area contributed by atoms with Crippen LogP contribution < -0.4 is 5.73 Å². The van der Waals surface area contributed by atoms with Crippen molar-refractivity contribution < 1.29 is 4.21 Å². The molecular weight excluding hydrogens is 230 g/mol. The number of anilines is 1. The summed E-state index contributed by atoms with van der Waals surface area (Å²) in [7, 11) is -0.873. The molecule has 0 aliphatic heterocycles. The molecule has 0 spiro atoms. The largest absolute Gasteiger partial charge is 0.398 e. The van der Waals surface area contributed by atoms with Crippen LogP contribution in [0.2, 0.25) is 5.02 Å². The molecule has 0 amide bonds. The summed E-state index contributed by atoms with van der Waals surface area (Å²) < 4.78 is 11.8. The second-order valence-electron chi connectivity index (χ2n) is 3.59. The number of nitrogens with two attached hydrogens (primary N) is 1. The van der Waals surface area contributed by atoms with Gasteiger partial charge in [-0.05, 0) is 30.2 Å². The number of hydrogen-bond donors (Lipinski definition) is 1. The maximum Gasteiger partial charge on any atom is 0.0509 e. The normalized spacial score (nSPS) is 14.9. The number of hydrogen-bond acceptors (Lipinski definition) is 2. The lowest BCUT2D eigenvalue weighted by Crippen LogP contribution is -2.12. The first-order valence-electron chi connectivity index (χ1n) is 4.95. The molecule has 1 aromatic carbocycles. The zero-order valence-electron chi connectivity index (χ0n) is 9.00. The van der Waals surface area contributed by atoms with Gasteiger partial charge < -0.3 is 5.73 Å².